The second-order valence-electron chi connectivity index (χ2n) is 8.93. The zero-order valence-electron chi connectivity index (χ0n) is 17.6. The molecule has 6 heteroatoms. The number of thiophene rings is 1. The minimum absolute atomic E-state index is 0.154. The highest BCUT2D eigenvalue weighted by Crippen LogP contribution is 2.37. The van der Waals surface area contributed by atoms with Crippen molar-refractivity contribution in [2.75, 3.05) is 6.54 Å². The van der Waals surface area contributed by atoms with Gasteiger partial charge in [-0.15, -0.1) is 11.3 Å². The maximum absolute atomic E-state index is 13.7. The summed E-state index contributed by atoms with van der Waals surface area (Å²) in [5.74, 6) is 0.845. The summed E-state index contributed by atoms with van der Waals surface area (Å²) in [6, 6.07) is 4.80. The van der Waals surface area contributed by atoms with Crippen LogP contribution in [-0.2, 0) is 0 Å². The number of fused-ring (bicyclic) bond motifs is 1. The largest absolute Gasteiger partial charge is 0.335 e. The van der Waals surface area contributed by atoms with Gasteiger partial charge in [-0.1, -0.05) is 0 Å². The second-order valence-corrected chi connectivity index (χ2v) is 10.4. The van der Waals surface area contributed by atoms with Gasteiger partial charge in [0.25, 0.3) is 5.91 Å². The first-order valence-corrected chi connectivity index (χ1v) is 11.5. The maximum atomic E-state index is 13.7. The number of hydrogen-bond acceptors (Lipinski definition) is 4. The van der Waals surface area contributed by atoms with Gasteiger partial charge in [-0.05, 0) is 71.4 Å². The highest BCUT2D eigenvalue weighted by molar-refractivity contribution is 7.12. The molecule has 0 bridgehead atoms. The molecule has 1 amide bonds. The van der Waals surface area contributed by atoms with Crippen LogP contribution in [0, 0.1) is 19.8 Å². The molecule has 0 saturated heterocycles. The zero-order valence-corrected chi connectivity index (χ0v) is 18.4. The van der Waals surface area contributed by atoms with E-state index >= 15 is 0 Å². The van der Waals surface area contributed by atoms with Crippen LogP contribution in [0.4, 0.5) is 0 Å². The van der Waals surface area contributed by atoms with Gasteiger partial charge in [-0.2, -0.15) is 5.10 Å². The fourth-order valence-corrected chi connectivity index (χ4v) is 5.05. The Hall–Kier alpha value is -2.21. The van der Waals surface area contributed by atoms with Crippen LogP contribution in [0.1, 0.15) is 65.7 Å². The molecule has 2 aliphatic carbocycles. The maximum Gasteiger partial charge on any atom is 0.254 e. The molecule has 3 aromatic rings. The Morgan fingerprint density at radius 2 is 2.00 bits per heavy atom. The van der Waals surface area contributed by atoms with Gasteiger partial charge in [-0.25, -0.2) is 9.67 Å². The Morgan fingerprint density at radius 1 is 1.24 bits per heavy atom. The standard InChI is InChI=1S/C23H28N4OS/c1-13(2)27-22-20(11-24-27)19(10-21(25-22)18-9-14(3)29-15(18)4)23(28)26(17-7-8-17)12-16-5-6-16/h9-11,13,16-17H,5-8,12H2,1-4H3. The number of amides is 1. The van der Waals surface area contributed by atoms with Crippen LogP contribution < -0.4 is 0 Å². The summed E-state index contributed by atoms with van der Waals surface area (Å²) >= 11 is 1.78. The predicted molar refractivity (Wildman–Crippen MR) is 117 cm³/mol. The zero-order chi connectivity index (χ0) is 20.3. The molecule has 2 fully saturated rings. The first-order chi connectivity index (χ1) is 13.9. The first-order valence-electron chi connectivity index (χ1n) is 10.7. The molecule has 5 rings (SSSR count). The van der Waals surface area contributed by atoms with Crippen LogP contribution in [0.2, 0.25) is 0 Å². The van der Waals surface area contributed by atoms with E-state index in [0.29, 0.717) is 12.0 Å². The van der Waals surface area contributed by atoms with E-state index in [9.17, 15) is 4.79 Å². The number of carbonyl (C=O) groups is 1. The van der Waals surface area contributed by atoms with E-state index in [2.05, 4.69) is 43.8 Å². The minimum atomic E-state index is 0.154. The smallest absolute Gasteiger partial charge is 0.254 e. The van der Waals surface area contributed by atoms with Crippen LogP contribution in [0.3, 0.4) is 0 Å². The number of aromatic nitrogens is 3. The van der Waals surface area contributed by atoms with Gasteiger partial charge in [0.05, 0.1) is 22.8 Å². The summed E-state index contributed by atoms with van der Waals surface area (Å²) in [5.41, 5.74) is 3.58. The molecule has 0 aliphatic heterocycles. The Labute approximate surface area is 175 Å². The van der Waals surface area contributed by atoms with E-state index in [-0.39, 0.29) is 11.9 Å². The third kappa shape index (κ3) is 3.48. The molecule has 3 aromatic heterocycles. The van der Waals surface area contributed by atoms with Crippen molar-refractivity contribution in [2.24, 2.45) is 5.92 Å². The van der Waals surface area contributed by atoms with Crippen LogP contribution in [-0.4, -0.2) is 38.2 Å². The first kappa shape index (κ1) is 18.8. The number of carbonyl (C=O) groups excluding carboxylic acids is 1. The fraction of sp³-hybridized carbons (Fsp3) is 0.522. The lowest BCUT2D eigenvalue weighted by Crippen LogP contribution is -2.35. The molecular weight excluding hydrogens is 380 g/mol. The van der Waals surface area contributed by atoms with Crippen molar-refractivity contribution in [1.82, 2.24) is 19.7 Å². The average molecular weight is 409 g/mol. The van der Waals surface area contributed by atoms with E-state index < -0.39 is 0 Å². The van der Waals surface area contributed by atoms with Gasteiger partial charge in [0.15, 0.2) is 5.65 Å². The van der Waals surface area contributed by atoms with Crippen molar-refractivity contribution in [3.8, 4) is 11.3 Å². The molecule has 0 radical (unpaired) electrons. The summed E-state index contributed by atoms with van der Waals surface area (Å²) in [5, 5.41) is 5.45. The highest BCUT2D eigenvalue weighted by Gasteiger charge is 2.37. The minimum Gasteiger partial charge on any atom is -0.335 e. The molecule has 0 unspecified atom stereocenters. The van der Waals surface area contributed by atoms with E-state index in [1.165, 1.54) is 22.6 Å². The van der Waals surface area contributed by atoms with Crippen molar-refractivity contribution in [3.63, 3.8) is 0 Å². The summed E-state index contributed by atoms with van der Waals surface area (Å²) < 4.78 is 1.94. The number of pyridine rings is 1. The molecule has 2 aliphatic rings. The van der Waals surface area contributed by atoms with Crippen LogP contribution in [0.25, 0.3) is 22.3 Å². The van der Waals surface area contributed by atoms with Crippen LogP contribution >= 0.6 is 11.3 Å². The number of nitrogens with zero attached hydrogens (tertiary/aromatic N) is 4. The molecule has 0 atom stereocenters. The third-order valence-corrected chi connectivity index (χ3v) is 6.97. The quantitative estimate of drug-likeness (QED) is 0.551. The molecule has 5 nitrogen and oxygen atoms in total. The Kier molecular flexibility index (Phi) is 4.50. The van der Waals surface area contributed by atoms with E-state index in [1.54, 1.807) is 11.3 Å². The molecule has 2 saturated carbocycles. The molecule has 0 aromatic carbocycles. The highest BCUT2D eigenvalue weighted by atomic mass is 32.1. The van der Waals surface area contributed by atoms with Crippen molar-refractivity contribution in [3.05, 3.63) is 33.6 Å². The molecule has 0 spiro atoms. The van der Waals surface area contributed by atoms with Crippen molar-refractivity contribution >= 4 is 28.3 Å². The molecular formula is C23H28N4OS. The van der Waals surface area contributed by atoms with Crippen molar-refractivity contribution < 1.29 is 4.79 Å². The number of hydrogen-bond donors (Lipinski definition) is 0. The van der Waals surface area contributed by atoms with Gasteiger partial charge in [-0.3, -0.25) is 4.79 Å². The molecule has 3 heterocycles. The normalized spacial score (nSPS) is 16.7. The molecule has 29 heavy (non-hydrogen) atoms. The summed E-state index contributed by atoms with van der Waals surface area (Å²) in [6.45, 7) is 9.35. The lowest BCUT2D eigenvalue weighted by atomic mass is 10.1. The van der Waals surface area contributed by atoms with Crippen LogP contribution in [0.5, 0.6) is 0 Å². The van der Waals surface area contributed by atoms with Gasteiger partial charge in [0, 0.05) is 33.9 Å². The molecule has 0 N–H and O–H groups in total. The Bertz CT molecular complexity index is 1090. The fourth-order valence-electron chi connectivity index (χ4n) is 4.11. The van der Waals surface area contributed by atoms with Gasteiger partial charge < -0.3 is 4.90 Å². The predicted octanol–water partition coefficient (Wildman–Crippen LogP) is 5.37. The SMILES string of the molecule is Cc1cc(-c2cc(C(=O)N(CC3CC3)C3CC3)c3cnn(C(C)C)c3n2)c(C)s1. The molecule has 152 valence electrons. The van der Waals surface area contributed by atoms with E-state index in [0.717, 1.165) is 47.2 Å². The number of rotatable bonds is 6. The topological polar surface area (TPSA) is 51.0 Å². The van der Waals surface area contributed by atoms with Crippen molar-refractivity contribution in [2.45, 2.75) is 65.5 Å². The van der Waals surface area contributed by atoms with E-state index in [4.69, 9.17) is 4.98 Å². The van der Waals surface area contributed by atoms with Gasteiger partial charge >= 0.3 is 0 Å². The third-order valence-electron chi connectivity index (χ3n) is 6.00. The summed E-state index contributed by atoms with van der Waals surface area (Å²) in [4.78, 5) is 23.3. The number of aryl methyl sites for hydroxylation is 2. The lowest BCUT2D eigenvalue weighted by molar-refractivity contribution is 0.0736. The average Bonchev–Trinajstić information content (AvgIpc) is 3.59. The summed E-state index contributed by atoms with van der Waals surface area (Å²) in [6.07, 6.45) is 6.60. The summed E-state index contributed by atoms with van der Waals surface area (Å²) in [7, 11) is 0. The Balaban J connectivity index is 1.66. The monoisotopic (exact) mass is 408 g/mol. The van der Waals surface area contributed by atoms with E-state index in [1.807, 2.05) is 16.9 Å². The lowest BCUT2D eigenvalue weighted by Gasteiger charge is -2.23. The second kappa shape index (κ2) is 6.94. The van der Waals surface area contributed by atoms with Gasteiger partial charge in [0.2, 0.25) is 0 Å². The Morgan fingerprint density at radius 3 is 2.59 bits per heavy atom. The van der Waals surface area contributed by atoms with Crippen LogP contribution in [0.15, 0.2) is 18.3 Å². The van der Waals surface area contributed by atoms with Gasteiger partial charge in [0.1, 0.15) is 0 Å². The van der Waals surface area contributed by atoms with Crippen molar-refractivity contribution in [1.29, 1.82) is 0 Å².